The summed E-state index contributed by atoms with van der Waals surface area (Å²) < 4.78 is 0. The second-order valence-corrected chi connectivity index (χ2v) is 1.61. The van der Waals surface area contributed by atoms with Crippen LogP contribution in [0.25, 0.3) is 0 Å². The largest absolute Gasteiger partial charge is 0.394 e. The van der Waals surface area contributed by atoms with Gasteiger partial charge in [0.15, 0.2) is 0 Å². The van der Waals surface area contributed by atoms with Gasteiger partial charge in [0, 0.05) is 6.54 Å². The topological polar surface area (TPSA) is 41.5 Å². The van der Waals surface area contributed by atoms with Crippen molar-refractivity contribution in [3.05, 3.63) is 0 Å². The maximum Gasteiger partial charge on any atom is 0.103 e. The van der Waals surface area contributed by atoms with Gasteiger partial charge >= 0.3 is 0 Å². The number of hydroxylamine groups is 1. The zero-order valence-electron chi connectivity index (χ0n) is 4.05. The van der Waals surface area contributed by atoms with E-state index in [1.165, 1.54) is 0 Å². The van der Waals surface area contributed by atoms with Crippen molar-refractivity contribution in [2.75, 3.05) is 13.2 Å². The van der Waals surface area contributed by atoms with E-state index in [-0.39, 0.29) is 12.7 Å². The molecule has 1 atom stereocenters. The number of hydrogen-bond donors (Lipinski definition) is 2. The van der Waals surface area contributed by atoms with Gasteiger partial charge in [-0.2, -0.15) is 0 Å². The molecule has 1 aliphatic heterocycles. The highest BCUT2D eigenvalue weighted by molar-refractivity contribution is 4.59. The summed E-state index contributed by atoms with van der Waals surface area (Å²) in [6.45, 7) is 0.998. The number of hydrogen-bond acceptors (Lipinski definition) is 3. The Balaban J connectivity index is 2.14. The molecule has 0 aromatic heterocycles. The van der Waals surface area contributed by atoms with Gasteiger partial charge in [0.25, 0.3) is 0 Å². The predicted octanol–water partition coefficient (Wildman–Crippen LogP) is -0.728. The van der Waals surface area contributed by atoms with Gasteiger partial charge in [-0.15, -0.1) is 0 Å². The molecule has 0 amide bonds. The van der Waals surface area contributed by atoms with Crippen LogP contribution >= 0.6 is 0 Å². The SMILES string of the molecule is OC[C@@H]1CCNO1. The third-order valence-electron chi connectivity index (χ3n) is 1.02. The third kappa shape index (κ3) is 1.12. The summed E-state index contributed by atoms with van der Waals surface area (Å²) in [7, 11) is 0. The first-order chi connectivity index (χ1) is 3.43. The van der Waals surface area contributed by atoms with Crippen LogP contribution in [0, 0.1) is 0 Å². The lowest BCUT2D eigenvalue weighted by atomic mass is 10.3. The Morgan fingerprint density at radius 2 is 2.71 bits per heavy atom. The number of rotatable bonds is 1. The second kappa shape index (κ2) is 2.26. The molecule has 3 heteroatoms. The Bertz CT molecular complexity index is 51.7. The molecule has 0 aromatic carbocycles. The standard InChI is InChI=1S/C4H9NO2/c6-3-4-1-2-5-7-4/h4-6H,1-3H2/t4-/m0/s1. The van der Waals surface area contributed by atoms with E-state index in [2.05, 4.69) is 5.48 Å². The molecule has 0 spiro atoms. The first kappa shape index (κ1) is 5.03. The van der Waals surface area contributed by atoms with Crippen LogP contribution in [0.5, 0.6) is 0 Å². The first-order valence-electron chi connectivity index (χ1n) is 2.43. The lowest BCUT2D eigenvalue weighted by Crippen LogP contribution is -2.13. The fourth-order valence-corrected chi connectivity index (χ4v) is 0.584. The monoisotopic (exact) mass is 103 g/mol. The molecule has 1 heterocycles. The molecule has 0 unspecified atom stereocenters. The van der Waals surface area contributed by atoms with Crippen molar-refractivity contribution in [2.45, 2.75) is 12.5 Å². The Morgan fingerprint density at radius 1 is 1.86 bits per heavy atom. The van der Waals surface area contributed by atoms with E-state index < -0.39 is 0 Å². The lowest BCUT2D eigenvalue weighted by molar-refractivity contribution is 0.00197. The summed E-state index contributed by atoms with van der Waals surface area (Å²) in [6.07, 6.45) is 0.969. The third-order valence-corrected chi connectivity index (χ3v) is 1.02. The number of aliphatic hydroxyl groups is 1. The van der Waals surface area contributed by atoms with Crippen molar-refractivity contribution in [1.82, 2.24) is 5.48 Å². The maximum atomic E-state index is 8.40. The fourth-order valence-electron chi connectivity index (χ4n) is 0.584. The molecule has 1 saturated heterocycles. The highest BCUT2D eigenvalue weighted by Gasteiger charge is 2.12. The minimum Gasteiger partial charge on any atom is -0.394 e. The van der Waals surface area contributed by atoms with E-state index in [1.807, 2.05) is 0 Å². The molecule has 0 bridgehead atoms. The number of nitrogens with one attached hydrogen (secondary N) is 1. The maximum absolute atomic E-state index is 8.40. The van der Waals surface area contributed by atoms with Crippen LogP contribution in [0.1, 0.15) is 6.42 Å². The molecule has 0 aromatic rings. The first-order valence-corrected chi connectivity index (χ1v) is 2.43. The summed E-state index contributed by atoms with van der Waals surface area (Å²) in [4.78, 5) is 4.80. The Kier molecular flexibility index (Phi) is 1.62. The van der Waals surface area contributed by atoms with Crippen LogP contribution in [-0.2, 0) is 4.84 Å². The Hall–Kier alpha value is -0.120. The Morgan fingerprint density at radius 3 is 3.00 bits per heavy atom. The smallest absolute Gasteiger partial charge is 0.103 e. The van der Waals surface area contributed by atoms with E-state index in [4.69, 9.17) is 9.94 Å². The van der Waals surface area contributed by atoms with E-state index in [9.17, 15) is 0 Å². The molecular formula is C4H9NO2. The van der Waals surface area contributed by atoms with E-state index in [0.717, 1.165) is 13.0 Å². The van der Waals surface area contributed by atoms with Crippen LogP contribution in [0.15, 0.2) is 0 Å². The van der Waals surface area contributed by atoms with E-state index in [1.54, 1.807) is 0 Å². The summed E-state index contributed by atoms with van der Waals surface area (Å²) in [5, 5.41) is 8.40. The van der Waals surface area contributed by atoms with Gasteiger partial charge in [-0.05, 0) is 6.42 Å². The molecule has 7 heavy (non-hydrogen) atoms. The molecule has 1 fully saturated rings. The van der Waals surface area contributed by atoms with Crippen molar-refractivity contribution in [3.63, 3.8) is 0 Å². The van der Waals surface area contributed by atoms with Crippen molar-refractivity contribution in [2.24, 2.45) is 0 Å². The summed E-state index contributed by atoms with van der Waals surface area (Å²) in [5.74, 6) is 0. The molecule has 1 aliphatic rings. The fraction of sp³-hybridized carbons (Fsp3) is 1.00. The van der Waals surface area contributed by atoms with Crippen LogP contribution < -0.4 is 5.48 Å². The van der Waals surface area contributed by atoms with Crippen LogP contribution in [0.3, 0.4) is 0 Å². The summed E-state index contributed by atoms with van der Waals surface area (Å²) >= 11 is 0. The molecule has 1 rings (SSSR count). The van der Waals surface area contributed by atoms with Crippen LogP contribution in [0.2, 0.25) is 0 Å². The lowest BCUT2D eigenvalue weighted by Gasteiger charge is -1.99. The Labute approximate surface area is 42.2 Å². The van der Waals surface area contributed by atoms with Gasteiger partial charge in [0.05, 0.1) is 6.61 Å². The quantitative estimate of drug-likeness (QED) is 0.460. The van der Waals surface area contributed by atoms with Crippen LogP contribution in [-0.4, -0.2) is 24.4 Å². The predicted molar refractivity (Wildman–Crippen MR) is 24.6 cm³/mol. The van der Waals surface area contributed by atoms with Crippen molar-refractivity contribution in [3.8, 4) is 0 Å². The van der Waals surface area contributed by atoms with Gasteiger partial charge in [0.1, 0.15) is 6.10 Å². The van der Waals surface area contributed by atoms with Gasteiger partial charge in [0.2, 0.25) is 0 Å². The van der Waals surface area contributed by atoms with Crippen molar-refractivity contribution in [1.29, 1.82) is 0 Å². The average Bonchev–Trinajstić information content (AvgIpc) is 2.14. The summed E-state index contributed by atoms with van der Waals surface area (Å²) in [6, 6.07) is 0. The normalized spacial score (nSPS) is 31.3. The molecule has 2 N–H and O–H groups in total. The van der Waals surface area contributed by atoms with Crippen LogP contribution in [0.4, 0.5) is 0 Å². The number of aliphatic hydroxyl groups excluding tert-OH is 1. The van der Waals surface area contributed by atoms with Crippen molar-refractivity contribution >= 4 is 0 Å². The zero-order valence-corrected chi connectivity index (χ0v) is 4.05. The molecule has 0 saturated carbocycles. The molecule has 3 nitrogen and oxygen atoms in total. The molecule has 0 radical (unpaired) electrons. The zero-order chi connectivity index (χ0) is 5.11. The molecule has 0 aliphatic carbocycles. The van der Waals surface area contributed by atoms with Crippen molar-refractivity contribution < 1.29 is 9.94 Å². The van der Waals surface area contributed by atoms with Gasteiger partial charge in [-0.25, -0.2) is 5.48 Å². The minimum atomic E-state index is 0.0417. The van der Waals surface area contributed by atoms with E-state index in [0.29, 0.717) is 0 Å². The highest BCUT2D eigenvalue weighted by atomic mass is 16.7. The minimum absolute atomic E-state index is 0.0417. The van der Waals surface area contributed by atoms with Gasteiger partial charge < -0.3 is 5.11 Å². The average molecular weight is 103 g/mol. The second-order valence-electron chi connectivity index (χ2n) is 1.61. The van der Waals surface area contributed by atoms with Gasteiger partial charge in [-0.3, -0.25) is 4.84 Å². The van der Waals surface area contributed by atoms with Gasteiger partial charge in [-0.1, -0.05) is 0 Å². The highest BCUT2D eigenvalue weighted by Crippen LogP contribution is 1.99. The van der Waals surface area contributed by atoms with E-state index >= 15 is 0 Å². The molecular weight excluding hydrogens is 94.0 g/mol. The summed E-state index contributed by atoms with van der Waals surface area (Å²) in [5.41, 5.74) is 2.66. The molecule has 42 valence electrons.